The zero-order valence-corrected chi connectivity index (χ0v) is 62.1. The summed E-state index contributed by atoms with van der Waals surface area (Å²) in [5.41, 5.74) is 0. The molecule has 0 aromatic carbocycles. The lowest BCUT2D eigenvalue weighted by Gasteiger charge is -2.29. The molecule has 3 unspecified atom stereocenters. The van der Waals surface area contributed by atoms with Crippen LogP contribution in [0.15, 0.2) is 109 Å². The third-order valence-corrected chi connectivity index (χ3v) is 18.4. The summed E-state index contributed by atoms with van der Waals surface area (Å²) in [6, 6.07) is -0.910. The Bertz CT molecular complexity index is 1870. The summed E-state index contributed by atoms with van der Waals surface area (Å²) in [4.78, 5) is 25.7. The molecule has 9 heteroatoms. The van der Waals surface area contributed by atoms with Gasteiger partial charge in [0.25, 0.3) is 7.82 Å². The number of aliphatic hydroxyl groups is 1. The van der Waals surface area contributed by atoms with Crippen LogP contribution < -0.4 is 10.2 Å². The quantitative estimate of drug-likeness (QED) is 0.0272. The smallest absolute Gasteiger partial charge is 0.268 e. The molecule has 0 bridgehead atoms. The molecule has 0 rings (SSSR count). The van der Waals surface area contributed by atoms with Gasteiger partial charge in [-0.25, -0.2) is 0 Å². The van der Waals surface area contributed by atoms with E-state index in [4.69, 9.17) is 9.05 Å². The lowest BCUT2D eigenvalue weighted by atomic mass is 10.0. The second-order valence-electron chi connectivity index (χ2n) is 27.7. The Labute approximate surface area is 572 Å². The highest BCUT2D eigenvalue weighted by atomic mass is 31.2. The second kappa shape index (κ2) is 72.4. The summed E-state index contributed by atoms with van der Waals surface area (Å²) in [5, 5.41) is 14.0. The lowest BCUT2D eigenvalue weighted by Crippen LogP contribution is -2.45. The van der Waals surface area contributed by atoms with Crippen molar-refractivity contribution in [3.63, 3.8) is 0 Å². The van der Waals surface area contributed by atoms with Gasteiger partial charge in [0.1, 0.15) is 13.2 Å². The van der Waals surface area contributed by atoms with Crippen molar-refractivity contribution >= 4 is 13.7 Å². The second-order valence-corrected chi connectivity index (χ2v) is 29.1. The van der Waals surface area contributed by atoms with Crippen LogP contribution >= 0.6 is 7.82 Å². The van der Waals surface area contributed by atoms with E-state index in [1.54, 1.807) is 6.08 Å². The van der Waals surface area contributed by atoms with Crippen LogP contribution in [0.5, 0.6) is 0 Å². The normalized spacial score (nSPS) is 14.1. The van der Waals surface area contributed by atoms with Crippen LogP contribution in [0.1, 0.15) is 361 Å². The molecule has 2 N–H and O–H groups in total. The van der Waals surface area contributed by atoms with Crippen LogP contribution in [0.25, 0.3) is 0 Å². The molecular formula is C83H151N2O6P. The van der Waals surface area contributed by atoms with E-state index in [9.17, 15) is 19.4 Å². The first-order valence-electron chi connectivity index (χ1n) is 39.2. The first-order chi connectivity index (χ1) is 45.0. The Morgan fingerprint density at radius 1 is 0.391 bits per heavy atom. The minimum Gasteiger partial charge on any atom is -0.756 e. The van der Waals surface area contributed by atoms with Crippen molar-refractivity contribution in [2.45, 2.75) is 373 Å². The third-order valence-electron chi connectivity index (χ3n) is 17.5. The van der Waals surface area contributed by atoms with E-state index < -0.39 is 26.6 Å². The van der Waals surface area contributed by atoms with Gasteiger partial charge in [0, 0.05) is 6.42 Å². The average Bonchev–Trinajstić information content (AvgIpc) is 2.63. The number of quaternary nitrogens is 1. The summed E-state index contributed by atoms with van der Waals surface area (Å²) in [7, 11) is 1.25. The number of allylic oxidation sites excluding steroid dienone is 17. The van der Waals surface area contributed by atoms with Crippen molar-refractivity contribution in [3.05, 3.63) is 109 Å². The van der Waals surface area contributed by atoms with Crippen molar-refractivity contribution < 1.29 is 32.9 Å². The Balaban J connectivity index is 4.03. The molecule has 92 heavy (non-hydrogen) atoms. The molecule has 0 aliphatic heterocycles. The van der Waals surface area contributed by atoms with Crippen molar-refractivity contribution in [2.24, 2.45) is 0 Å². The molecular weight excluding hydrogens is 1150 g/mol. The largest absolute Gasteiger partial charge is 0.756 e. The van der Waals surface area contributed by atoms with Gasteiger partial charge in [0.15, 0.2) is 0 Å². The molecule has 0 heterocycles. The Hall–Kier alpha value is -2.84. The van der Waals surface area contributed by atoms with Crippen LogP contribution in [0.3, 0.4) is 0 Å². The van der Waals surface area contributed by atoms with E-state index in [0.29, 0.717) is 17.4 Å². The Morgan fingerprint density at radius 3 is 1.01 bits per heavy atom. The number of carbonyl (C=O) groups excluding carboxylic acids is 1. The molecule has 3 atom stereocenters. The lowest BCUT2D eigenvalue weighted by molar-refractivity contribution is -0.870. The van der Waals surface area contributed by atoms with Crippen LogP contribution in [0.2, 0.25) is 0 Å². The zero-order valence-electron chi connectivity index (χ0n) is 61.2. The number of hydrogen-bond acceptors (Lipinski definition) is 6. The number of nitrogens with zero attached hydrogens (tertiary/aromatic N) is 1. The first kappa shape index (κ1) is 89.2. The summed E-state index contributed by atoms with van der Waals surface area (Å²) in [6.45, 7) is 4.55. The van der Waals surface area contributed by atoms with Crippen molar-refractivity contribution in [1.82, 2.24) is 5.32 Å². The van der Waals surface area contributed by atoms with Crippen molar-refractivity contribution in [3.8, 4) is 0 Å². The number of aliphatic hydroxyl groups excluding tert-OH is 1. The van der Waals surface area contributed by atoms with E-state index in [-0.39, 0.29) is 12.5 Å². The monoisotopic (exact) mass is 1300 g/mol. The number of rotatable bonds is 72. The fourth-order valence-corrected chi connectivity index (χ4v) is 12.2. The number of phosphoric acid groups is 1. The van der Waals surface area contributed by atoms with Gasteiger partial charge in [0.05, 0.1) is 39.9 Å². The maximum atomic E-state index is 13.1. The van der Waals surface area contributed by atoms with Crippen LogP contribution in [0.4, 0.5) is 0 Å². The Morgan fingerprint density at radius 2 is 0.674 bits per heavy atom. The molecule has 0 aliphatic rings. The molecule has 534 valence electrons. The highest BCUT2D eigenvalue weighted by Gasteiger charge is 2.23. The van der Waals surface area contributed by atoms with Gasteiger partial charge < -0.3 is 28.8 Å². The number of phosphoric ester groups is 1. The molecule has 8 nitrogen and oxygen atoms in total. The summed E-state index contributed by atoms with van der Waals surface area (Å²) < 4.78 is 23.5. The van der Waals surface area contributed by atoms with E-state index in [1.165, 1.54) is 257 Å². The predicted octanol–water partition coefficient (Wildman–Crippen LogP) is 25.2. The minimum absolute atomic E-state index is 0.00862. The molecule has 0 aliphatic carbocycles. The van der Waals surface area contributed by atoms with Gasteiger partial charge >= 0.3 is 0 Å². The van der Waals surface area contributed by atoms with E-state index in [1.807, 2.05) is 27.2 Å². The maximum absolute atomic E-state index is 13.1. The number of unbranched alkanes of at least 4 members (excludes halogenated alkanes) is 43. The predicted molar refractivity (Wildman–Crippen MR) is 403 cm³/mol. The standard InChI is InChI=1S/C83H151N2O6P/c1-6-8-10-12-14-16-18-20-22-24-26-28-30-32-34-36-38-39-40-41-42-43-44-45-47-49-51-53-55-57-59-61-63-65-67-69-71-73-75-77-83(87)84-81(80-91-92(88,89)90-79-78-85(3,4)5)82(86)76-74-72-70-68-66-64-62-60-58-56-54-52-50-48-46-37-35-33-31-29-27-25-23-21-19-17-15-13-11-9-7-2/h8,10,14,16,20,22,26,28,32,34,38-39,41-42,66,68,74,76,81-82,86H,6-7,9,11-13,15,17-19,21,23-25,27,29-31,33,35-37,40,43-65,67,69-73,75,77-80H2,1-5H3,(H-,84,87,88,89)/b10-8-,16-14-,22-20-,28-26-,34-32-,39-38-,42-41-,68-66+,76-74+. The molecule has 0 spiro atoms. The van der Waals surface area contributed by atoms with Gasteiger partial charge in [-0.2, -0.15) is 0 Å². The summed E-state index contributed by atoms with van der Waals surface area (Å²) in [6.07, 6.45) is 107. The molecule has 0 saturated heterocycles. The van der Waals surface area contributed by atoms with Crippen LogP contribution in [-0.4, -0.2) is 68.5 Å². The van der Waals surface area contributed by atoms with Crippen LogP contribution in [-0.2, 0) is 18.4 Å². The number of carbonyl (C=O) groups is 1. The van der Waals surface area contributed by atoms with Gasteiger partial charge in [-0.05, 0) is 89.9 Å². The van der Waals surface area contributed by atoms with E-state index in [2.05, 4.69) is 116 Å². The molecule has 0 aromatic heterocycles. The number of nitrogens with one attached hydrogen (secondary N) is 1. The SMILES string of the molecule is CC/C=C\C/C=C\C/C=C\C/C=C\C/C=C\C/C=C\C/C=C\CCCCCCCCCCCCCCCCCCCC(=O)NC(COP(=O)([O-])OCC[N+](C)(C)C)C(O)/C=C/CC/C=C/CCCCCCCCCCCCCCCCCCCCCCCCCCC. The number of likely N-dealkylation sites (N-methyl/N-ethyl adjacent to an activating group) is 1. The average molecular weight is 1300 g/mol. The van der Waals surface area contributed by atoms with Gasteiger partial charge in [-0.15, -0.1) is 0 Å². The minimum atomic E-state index is -4.62. The van der Waals surface area contributed by atoms with Crippen molar-refractivity contribution in [1.29, 1.82) is 0 Å². The Kier molecular flexibility index (Phi) is 70.2. The number of amides is 1. The summed E-state index contributed by atoms with van der Waals surface area (Å²) >= 11 is 0. The number of hydrogen-bond donors (Lipinski definition) is 2. The van der Waals surface area contributed by atoms with Gasteiger partial charge in [0.2, 0.25) is 5.91 Å². The zero-order chi connectivity index (χ0) is 66.9. The molecule has 0 aromatic rings. The van der Waals surface area contributed by atoms with Crippen LogP contribution in [0, 0.1) is 0 Å². The highest BCUT2D eigenvalue weighted by molar-refractivity contribution is 7.45. The van der Waals surface area contributed by atoms with Crippen molar-refractivity contribution in [2.75, 3.05) is 40.9 Å². The van der Waals surface area contributed by atoms with E-state index in [0.717, 1.165) is 83.5 Å². The topological polar surface area (TPSA) is 108 Å². The third kappa shape index (κ3) is 74.6. The molecule has 1 amide bonds. The molecule has 0 radical (unpaired) electrons. The molecule has 0 saturated carbocycles. The highest BCUT2D eigenvalue weighted by Crippen LogP contribution is 2.38. The summed E-state index contributed by atoms with van der Waals surface area (Å²) in [5.74, 6) is -0.205. The van der Waals surface area contributed by atoms with Gasteiger partial charge in [-0.1, -0.05) is 374 Å². The molecule has 0 fully saturated rings. The fraction of sp³-hybridized carbons (Fsp3) is 0.771. The van der Waals surface area contributed by atoms with Gasteiger partial charge in [-0.3, -0.25) is 9.36 Å². The van der Waals surface area contributed by atoms with E-state index >= 15 is 0 Å². The fourth-order valence-electron chi connectivity index (χ4n) is 11.4. The maximum Gasteiger partial charge on any atom is 0.268 e. The first-order valence-corrected chi connectivity index (χ1v) is 40.7.